The second-order valence-corrected chi connectivity index (χ2v) is 6.67. The maximum atomic E-state index is 11.9. The van der Waals surface area contributed by atoms with Gasteiger partial charge in [0.05, 0.1) is 13.0 Å². The van der Waals surface area contributed by atoms with Gasteiger partial charge in [0.1, 0.15) is 11.9 Å². The summed E-state index contributed by atoms with van der Waals surface area (Å²) < 4.78 is 10.9. The Bertz CT molecular complexity index is 803. The van der Waals surface area contributed by atoms with E-state index < -0.39 is 0 Å². The van der Waals surface area contributed by atoms with Crippen molar-refractivity contribution in [2.75, 3.05) is 11.9 Å². The van der Waals surface area contributed by atoms with E-state index in [1.807, 2.05) is 42.5 Å². The predicted octanol–water partition coefficient (Wildman–Crippen LogP) is 4.04. The molecule has 0 amide bonds. The molecule has 0 N–H and O–H groups in total. The monoisotopic (exact) mass is 398 g/mol. The van der Waals surface area contributed by atoms with Gasteiger partial charge in [-0.3, -0.25) is 4.79 Å². The Labute approximate surface area is 156 Å². The van der Waals surface area contributed by atoms with Gasteiger partial charge in [0.15, 0.2) is 0 Å². The Hall–Kier alpha value is -2.25. The van der Waals surface area contributed by atoms with Gasteiger partial charge in [-0.15, -0.1) is 0 Å². The van der Waals surface area contributed by atoms with Gasteiger partial charge in [-0.1, -0.05) is 46.3 Å². The van der Waals surface area contributed by atoms with Gasteiger partial charge in [-0.2, -0.15) is 0 Å². The highest BCUT2D eigenvalue weighted by Gasteiger charge is 2.15. The normalized spacial score (nSPS) is 12.4. The number of ether oxygens (including phenoxy) is 2. The van der Waals surface area contributed by atoms with Crippen molar-refractivity contribution in [1.82, 2.24) is 0 Å². The average Bonchev–Trinajstić information content (AvgIpc) is 2.63. The van der Waals surface area contributed by atoms with Gasteiger partial charge in [-0.25, -0.2) is 0 Å². The van der Waals surface area contributed by atoms with E-state index in [1.54, 1.807) is 0 Å². The third-order valence-electron chi connectivity index (χ3n) is 3.99. The lowest BCUT2D eigenvalue weighted by molar-refractivity contribution is -0.136. The Balaban J connectivity index is 1.69. The topological polar surface area (TPSA) is 35.5 Å². The van der Waals surface area contributed by atoms with Crippen LogP contribution in [0.5, 0.6) is 5.75 Å². The summed E-state index contributed by atoms with van der Waals surface area (Å²) in [4.78, 5) is 11.9. The van der Waals surface area contributed by atoms with E-state index in [4.69, 9.17) is 9.47 Å². The van der Waals surface area contributed by atoms with Crippen molar-refractivity contribution in [2.24, 2.45) is 0 Å². The maximum Gasteiger partial charge on any atom is 0.324 e. The Morgan fingerprint density at radius 3 is 2.88 bits per heavy atom. The first-order valence-corrected chi connectivity index (χ1v) is 9.47. The van der Waals surface area contributed by atoms with Crippen molar-refractivity contribution in [1.29, 1.82) is 0 Å². The third-order valence-corrected chi connectivity index (χ3v) is 4.39. The molecule has 0 saturated heterocycles. The van der Waals surface area contributed by atoms with Gasteiger partial charge >= 0.3 is 5.97 Å². The summed E-state index contributed by atoms with van der Waals surface area (Å²) in [6.07, 6.45) is 5.66. The van der Waals surface area contributed by atoms with E-state index in [0.29, 0.717) is 0 Å². The summed E-state index contributed by atoms with van der Waals surface area (Å²) in [6, 6.07) is 13.5. The Morgan fingerprint density at radius 2 is 2.08 bits per heavy atom. The van der Waals surface area contributed by atoms with Crippen LogP contribution in [-0.2, 0) is 28.8 Å². The first kappa shape index (κ1) is 17.6. The molecule has 0 aromatic heterocycles. The van der Waals surface area contributed by atoms with Crippen molar-refractivity contribution in [3.8, 4) is 17.8 Å². The first-order valence-electron chi connectivity index (χ1n) is 8.35. The molecule has 2 aromatic rings. The third kappa shape index (κ3) is 4.87. The number of aryl methyl sites for hydroxylation is 2. The lowest BCUT2D eigenvalue weighted by atomic mass is 9.98. The van der Waals surface area contributed by atoms with Crippen molar-refractivity contribution in [2.45, 2.75) is 25.7 Å². The minimum atomic E-state index is -0.347. The highest BCUT2D eigenvalue weighted by Crippen LogP contribution is 2.31. The van der Waals surface area contributed by atoms with Crippen LogP contribution in [0, 0.1) is 12.0 Å². The van der Waals surface area contributed by atoms with Crippen LogP contribution < -0.4 is 4.74 Å². The maximum absolute atomic E-state index is 11.9. The van der Waals surface area contributed by atoms with E-state index in [2.05, 4.69) is 28.0 Å². The van der Waals surface area contributed by atoms with E-state index >= 15 is 0 Å². The standard InChI is InChI=1S/C21H19BrO3/c22-10-8-19-14-17(13-18-7-4-11-25-21(18)19)9-12-24-20(23)15-16-5-2-1-3-6-16/h1-3,5-6,13-14H,4,7-8,10-11,15H2. The van der Waals surface area contributed by atoms with Crippen molar-refractivity contribution in [3.63, 3.8) is 0 Å². The molecule has 2 aromatic carbocycles. The molecule has 128 valence electrons. The van der Waals surface area contributed by atoms with E-state index in [9.17, 15) is 4.79 Å². The van der Waals surface area contributed by atoms with Crippen molar-refractivity contribution >= 4 is 21.9 Å². The fourth-order valence-electron chi connectivity index (χ4n) is 2.86. The van der Waals surface area contributed by atoms with Crippen LogP contribution in [0.4, 0.5) is 0 Å². The van der Waals surface area contributed by atoms with Crippen LogP contribution in [0.15, 0.2) is 42.5 Å². The van der Waals surface area contributed by atoms with Crippen molar-refractivity contribution in [3.05, 3.63) is 64.7 Å². The smallest absolute Gasteiger partial charge is 0.324 e. The van der Waals surface area contributed by atoms with E-state index in [0.717, 1.165) is 53.6 Å². The van der Waals surface area contributed by atoms with Crippen LogP contribution in [0.25, 0.3) is 0 Å². The number of carbonyl (C=O) groups is 1. The van der Waals surface area contributed by atoms with E-state index in [-0.39, 0.29) is 12.4 Å². The fraction of sp³-hybridized carbons (Fsp3) is 0.286. The highest BCUT2D eigenvalue weighted by atomic mass is 79.9. The molecule has 0 atom stereocenters. The quantitative estimate of drug-likeness (QED) is 0.442. The Kier molecular flexibility index (Phi) is 6.14. The summed E-state index contributed by atoms with van der Waals surface area (Å²) in [5, 5.41) is 0.867. The number of esters is 1. The number of rotatable bonds is 4. The number of hydrogen-bond acceptors (Lipinski definition) is 3. The number of carbonyl (C=O) groups excluding carboxylic acids is 1. The molecule has 0 fully saturated rings. The molecular formula is C21H19BrO3. The van der Waals surface area contributed by atoms with Gasteiger partial charge in [-0.05, 0) is 54.0 Å². The summed E-state index contributed by atoms with van der Waals surface area (Å²) in [6.45, 7) is 0.768. The predicted molar refractivity (Wildman–Crippen MR) is 101 cm³/mol. The lowest BCUT2D eigenvalue weighted by Gasteiger charge is -2.20. The van der Waals surface area contributed by atoms with Crippen LogP contribution >= 0.6 is 15.9 Å². The molecule has 0 aliphatic carbocycles. The van der Waals surface area contributed by atoms with Crippen LogP contribution in [0.1, 0.15) is 28.7 Å². The molecule has 3 rings (SSSR count). The van der Waals surface area contributed by atoms with Gasteiger partial charge in [0, 0.05) is 10.9 Å². The lowest BCUT2D eigenvalue weighted by Crippen LogP contribution is -2.11. The summed E-state index contributed by atoms with van der Waals surface area (Å²) in [7, 11) is 0. The molecule has 0 spiro atoms. The minimum Gasteiger partial charge on any atom is -0.493 e. The molecule has 3 nitrogen and oxygen atoms in total. The zero-order valence-corrected chi connectivity index (χ0v) is 15.5. The minimum absolute atomic E-state index is 0.225. The number of alkyl halides is 1. The number of halogens is 1. The molecule has 1 aliphatic rings. The van der Waals surface area contributed by atoms with Crippen LogP contribution in [0.3, 0.4) is 0 Å². The summed E-state index contributed by atoms with van der Waals surface area (Å²) in [5.74, 6) is 3.60. The highest BCUT2D eigenvalue weighted by molar-refractivity contribution is 9.09. The molecule has 0 bridgehead atoms. The SMILES string of the molecule is O=C(Cc1ccccc1)OC#Cc1cc(CCBr)c2c(c1)CCCO2. The molecular weight excluding hydrogens is 380 g/mol. The molecule has 1 aliphatic heterocycles. The zero-order valence-electron chi connectivity index (χ0n) is 13.9. The Morgan fingerprint density at radius 1 is 1.24 bits per heavy atom. The van der Waals surface area contributed by atoms with Crippen LogP contribution in [0.2, 0.25) is 0 Å². The average molecular weight is 399 g/mol. The molecule has 4 heteroatoms. The largest absolute Gasteiger partial charge is 0.493 e. The second kappa shape index (κ2) is 8.73. The van der Waals surface area contributed by atoms with Gasteiger partial charge < -0.3 is 9.47 Å². The zero-order chi connectivity index (χ0) is 17.5. The van der Waals surface area contributed by atoms with Crippen LogP contribution in [-0.4, -0.2) is 17.9 Å². The molecule has 1 heterocycles. The van der Waals surface area contributed by atoms with E-state index in [1.165, 1.54) is 5.56 Å². The molecule has 25 heavy (non-hydrogen) atoms. The molecule has 0 saturated carbocycles. The molecule has 0 radical (unpaired) electrons. The second-order valence-electron chi connectivity index (χ2n) is 5.88. The van der Waals surface area contributed by atoms with Gasteiger partial charge in [0.25, 0.3) is 0 Å². The summed E-state index contributed by atoms with van der Waals surface area (Å²) in [5.41, 5.74) is 4.10. The van der Waals surface area contributed by atoms with Gasteiger partial charge in [0.2, 0.25) is 0 Å². The molecule has 0 unspecified atom stereocenters. The first-order chi connectivity index (χ1) is 12.3. The fourth-order valence-corrected chi connectivity index (χ4v) is 3.29. The number of benzene rings is 2. The number of fused-ring (bicyclic) bond motifs is 1. The number of hydrogen-bond donors (Lipinski definition) is 0. The summed E-state index contributed by atoms with van der Waals surface area (Å²) >= 11 is 3.48. The van der Waals surface area contributed by atoms with Crippen molar-refractivity contribution < 1.29 is 14.3 Å².